The number of carbonyl (C=O) groups excluding carboxylic acids is 1. The van der Waals surface area contributed by atoms with Gasteiger partial charge in [-0.3, -0.25) is 9.78 Å². The van der Waals surface area contributed by atoms with Gasteiger partial charge in [-0.25, -0.2) is 4.98 Å². The van der Waals surface area contributed by atoms with Crippen LogP contribution in [0.5, 0.6) is 11.5 Å². The predicted octanol–water partition coefficient (Wildman–Crippen LogP) is 6.90. The van der Waals surface area contributed by atoms with Gasteiger partial charge in [-0.05, 0) is 36.4 Å². The van der Waals surface area contributed by atoms with Gasteiger partial charge in [-0.1, -0.05) is 25.1 Å². The highest BCUT2D eigenvalue weighted by Crippen LogP contribution is 2.44. The molecule has 12 heteroatoms. The van der Waals surface area contributed by atoms with Crippen LogP contribution >= 0.6 is 0 Å². The Hall–Kier alpha value is -4.35. The van der Waals surface area contributed by atoms with Crippen molar-refractivity contribution in [3.05, 3.63) is 83.2 Å². The van der Waals surface area contributed by atoms with Crippen molar-refractivity contribution in [1.29, 1.82) is 0 Å². The number of aromatic nitrogens is 2. The van der Waals surface area contributed by atoms with Crippen LogP contribution in [0.2, 0.25) is 0 Å². The fourth-order valence-electron chi connectivity index (χ4n) is 4.71. The first kappa shape index (κ1) is 28.2. The molecule has 4 aromatic rings. The van der Waals surface area contributed by atoms with Gasteiger partial charge in [0.05, 0.1) is 25.0 Å². The van der Waals surface area contributed by atoms with E-state index in [9.17, 15) is 31.1 Å². The topological polar surface area (TPSA) is 73.3 Å². The number of carbonyl (C=O) groups is 1. The van der Waals surface area contributed by atoms with Crippen LogP contribution in [-0.2, 0) is 6.18 Å². The molecule has 0 saturated carbocycles. The first-order valence-electron chi connectivity index (χ1n) is 12.5. The van der Waals surface area contributed by atoms with Crippen LogP contribution in [0.4, 0.5) is 26.3 Å². The van der Waals surface area contributed by atoms with Crippen LogP contribution in [0.15, 0.2) is 60.8 Å². The highest BCUT2D eigenvalue weighted by Gasteiger charge is 2.43. The maximum absolute atomic E-state index is 14.4. The third kappa shape index (κ3) is 5.63. The monoisotopic (exact) mass is 575 g/mol. The SMILES string of the molecule is COc1cc(C(=O)NCC(c2cc3c(c(-c4ccc(C(F)(F)F)cc4)n2)OCC3C)C(F)(F)F)cc2cccnc12. The smallest absolute Gasteiger partial charge is 0.416 e. The molecule has 5 rings (SSSR count). The van der Waals surface area contributed by atoms with E-state index in [1.807, 2.05) is 0 Å². The zero-order chi connectivity index (χ0) is 29.5. The maximum Gasteiger partial charge on any atom is 0.416 e. The van der Waals surface area contributed by atoms with E-state index in [0.717, 1.165) is 24.3 Å². The van der Waals surface area contributed by atoms with E-state index in [1.165, 1.54) is 25.3 Å². The van der Waals surface area contributed by atoms with Gasteiger partial charge < -0.3 is 14.8 Å². The van der Waals surface area contributed by atoms with Crippen molar-refractivity contribution in [2.75, 3.05) is 20.3 Å². The number of amides is 1. The minimum atomic E-state index is -4.81. The number of hydrogen-bond donors (Lipinski definition) is 1. The summed E-state index contributed by atoms with van der Waals surface area (Å²) in [6.07, 6.45) is -7.83. The van der Waals surface area contributed by atoms with Crippen LogP contribution in [0, 0.1) is 0 Å². The van der Waals surface area contributed by atoms with Crippen LogP contribution in [0.1, 0.15) is 45.9 Å². The summed E-state index contributed by atoms with van der Waals surface area (Å²) in [7, 11) is 1.39. The van der Waals surface area contributed by atoms with Gasteiger partial charge in [0.25, 0.3) is 5.91 Å². The molecule has 2 unspecified atom stereocenters. The number of halogens is 6. The summed E-state index contributed by atoms with van der Waals surface area (Å²) in [6, 6.07) is 11.5. The molecule has 214 valence electrons. The Kier molecular flexibility index (Phi) is 7.26. The summed E-state index contributed by atoms with van der Waals surface area (Å²) < 4.78 is 93.3. The Morgan fingerprint density at radius 1 is 1.10 bits per heavy atom. The van der Waals surface area contributed by atoms with Crippen molar-refractivity contribution in [2.45, 2.75) is 31.1 Å². The average Bonchev–Trinajstić information content (AvgIpc) is 3.31. The summed E-state index contributed by atoms with van der Waals surface area (Å²) in [5, 5.41) is 2.92. The van der Waals surface area contributed by atoms with E-state index in [2.05, 4.69) is 15.3 Å². The largest absolute Gasteiger partial charge is 0.494 e. The van der Waals surface area contributed by atoms with Gasteiger partial charge in [-0.2, -0.15) is 26.3 Å². The molecule has 41 heavy (non-hydrogen) atoms. The zero-order valence-electron chi connectivity index (χ0n) is 21.7. The highest BCUT2D eigenvalue weighted by molar-refractivity contribution is 5.99. The van der Waals surface area contributed by atoms with E-state index in [1.54, 1.807) is 25.3 Å². The summed E-state index contributed by atoms with van der Waals surface area (Å²) >= 11 is 0. The molecule has 2 aromatic heterocycles. The third-order valence-electron chi connectivity index (χ3n) is 6.89. The lowest BCUT2D eigenvalue weighted by molar-refractivity contribution is -0.149. The van der Waals surface area contributed by atoms with E-state index in [-0.39, 0.29) is 46.5 Å². The molecule has 3 heterocycles. The number of pyridine rings is 2. The van der Waals surface area contributed by atoms with Crippen LogP contribution in [0.25, 0.3) is 22.2 Å². The number of methoxy groups -OCH3 is 1. The number of benzene rings is 2. The molecule has 6 nitrogen and oxygen atoms in total. The quantitative estimate of drug-likeness (QED) is 0.254. The number of rotatable bonds is 6. The lowest BCUT2D eigenvalue weighted by atomic mass is 9.95. The number of nitrogens with zero attached hydrogens (tertiary/aromatic N) is 2. The molecule has 0 bridgehead atoms. The summed E-state index contributed by atoms with van der Waals surface area (Å²) in [4.78, 5) is 21.4. The Bertz CT molecular complexity index is 1600. The molecule has 0 aliphatic carbocycles. The van der Waals surface area contributed by atoms with Crippen molar-refractivity contribution in [2.24, 2.45) is 0 Å². The second-order valence-electron chi connectivity index (χ2n) is 9.66. The van der Waals surface area contributed by atoms with Crippen molar-refractivity contribution in [1.82, 2.24) is 15.3 Å². The van der Waals surface area contributed by atoms with E-state index in [4.69, 9.17) is 9.47 Å². The standard InChI is InChI=1S/C29H23F6N3O3/c1-15-14-41-26-20(15)12-22(38-25(26)16-5-7-19(8-6-16)28(30,31)32)21(29(33,34)35)13-37-27(39)18-10-17-4-3-9-36-24(17)23(11-18)40-2/h3-12,15,21H,13-14H2,1-2H3,(H,37,39). The molecule has 2 atom stereocenters. The first-order chi connectivity index (χ1) is 19.4. The number of ether oxygens (including phenoxy) is 2. The normalized spacial score (nSPS) is 15.8. The summed E-state index contributed by atoms with van der Waals surface area (Å²) in [5.41, 5.74) is -0.0801. The molecule has 1 aliphatic rings. The Labute approximate surface area is 230 Å². The van der Waals surface area contributed by atoms with Crippen molar-refractivity contribution in [3.8, 4) is 22.8 Å². The molecular formula is C29H23F6N3O3. The Morgan fingerprint density at radius 2 is 1.83 bits per heavy atom. The van der Waals surface area contributed by atoms with Crippen LogP contribution in [0.3, 0.4) is 0 Å². The molecule has 1 aliphatic heterocycles. The van der Waals surface area contributed by atoms with Crippen LogP contribution < -0.4 is 14.8 Å². The predicted molar refractivity (Wildman–Crippen MR) is 138 cm³/mol. The highest BCUT2D eigenvalue weighted by atomic mass is 19.4. The third-order valence-corrected chi connectivity index (χ3v) is 6.89. The zero-order valence-corrected chi connectivity index (χ0v) is 21.7. The molecule has 1 N–H and O–H groups in total. The second kappa shape index (κ2) is 10.6. The molecule has 0 spiro atoms. The van der Waals surface area contributed by atoms with Crippen LogP contribution in [-0.4, -0.2) is 42.3 Å². The van der Waals surface area contributed by atoms with Gasteiger partial charge in [0.1, 0.15) is 28.6 Å². The Morgan fingerprint density at radius 3 is 2.49 bits per heavy atom. The van der Waals surface area contributed by atoms with Gasteiger partial charge in [0, 0.05) is 40.7 Å². The van der Waals surface area contributed by atoms with Gasteiger partial charge >= 0.3 is 12.4 Å². The number of alkyl halides is 6. The summed E-state index contributed by atoms with van der Waals surface area (Å²) in [5.74, 6) is -2.73. The summed E-state index contributed by atoms with van der Waals surface area (Å²) in [6.45, 7) is 1.11. The molecule has 0 fully saturated rings. The fourth-order valence-corrected chi connectivity index (χ4v) is 4.71. The maximum atomic E-state index is 14.4. The molecular weight excluding hydrogens is 552 g/mol. The average molecular weight is 576 g/mol. The molecule has 0 radical (unpaired) electrons. The molecule has 1 amide bonds. The first-order valence-corrected chi connectivity index (χ1v) is 12.5. The van der Waals surface area contributed by atoms with Gasteiger partial charge in [0.2, 0.25) is 0 Å². The minimum Gasteiger partial charge on any atom is -0.494 e. The minimum absolute atomic E-state index is 0.00270. The number of nitrogens with one attached hydrogen (secondary N) is 1. The van der Waals surface area contributed by atoms with E-state index < -0.39 is 36.3 Å². The lowest BCUT2D eigenvalue weighted by Gasteiger charge is -2.22. The lowest BCUT2D eigenvalue weighted by Crippen LogP contribution is -2.35. The molecule has 2 aromatic carbocycles. The number of fused-ring (bicyclic) bond motifs is 2. The molecule has 0 saturated heterocycles. The fraction of sp³-hybridized carbons (Fsp3) is 0.276. The van der Waals surface area contributed by atoms with Crippen molar-refractivity contribution in [3.63, 3.8) is 0 Å². The van der Waals surface area contributed by atoms with Gasteiger partial charge in [-0.15, -0.1) is 0 Å². The van der Waals surface area contributed by atoms with Gasteiger partial charge in [0.15, 0.2) is 0 Å². The second-order valence-corrected chi connectivity index (χ2v) is 9.66. The van der Waals surface area contributed by atoms with E-state index in [0.29, 0.717) is 16.5 Å². The number of hydrogen-bond acceptors (Lipinski definition) is 5. The van der Waals surface area contributed by atoms with Crippen molar-refractivity contribution < 1.29 is 40.6 Å². The Balaban J connectivity index is 1.49. The van der Waals surface area contributed by atoms with E-state index >= 15 is 0 Å². The van der Waals surface area contributed by atoms with Crippen molar-refractivity contribution >= 4 is 16.8 Å².